The van der Waals surface area contributed by atoms with Crippen molar-refractivity contribution < 1.29 is 14.3 Å². The molecule has 0 aliphatic carbocycles. The Morgan fingerprint density at radius 3 is 2.59 bits per heavy atom. The molecular formula is C24H26N4O3S. The van der Waals surface area contributed by atoms with Crippen LogP contribution in [-0.4, -0.2) is 40.9 Å². The summed E-state index contributed by atoms with van der Waals surface area (Å²) < 4.78 is 13.9. The summed E-state index contributed by atoms with van der Waals surface area (Å²) in [6.45, 7) is 7.49. The molecule has 1 amide bonds. The van der Waals surface area contributed by atoms with Gasteiger partial charge in [0.2, 0.25) is 0 Å². The Morgan fingerprint density at radius 1 is 1.16 bits per heavy atom. The van der Waals surface area contributed by atoms with Crippen molar-refractivity contribution in [3.05, 3.63) is 65.5 Å². The first-order chi connectivity index (χ1) is 15.5. The van der Waals surface area contributed by atoms with Crippen molar-refractivity contribution in [1.82, 2.24) is 14.8 Å². The molecule has 4 aromatic rings. The van der Waals surface area contributed by atoms with Crippen LogP contribution in [0.1, 0.15) is 28.7 Å². The van der Waals surface area contributed by atoms with Crippen molar-refractivity contribution in [1.29, 1.82) is 0 Å². The monoisotopic (exact) mass is 450 g/mol. The Hall–Kier alpha value is -3.39. The number of nitrogens with zero attached hydrogens (tertiary/aromatic N) is 4. The molecular weight excluding hydrogens is 424 g/mol. The first kappa shape index (κ1) is 21.8. The molecule has 0 aliphatic rings. The van der Waals surface area contributed by atoms with Gasteiger partial charge in [0, 0.05) is 17.8 Å². The van der Waals surface area contributed by atoms with E-state index in [1.165, 1.54) is 11.3 Å². The lowest BCUT2D eigenvalue weighted by Gasteiger charge is -2.20. The molecule has 0 N–H and O–H groups in total. The van der Waals surface area contributed by atoms with Gasteiger partial charge in [0.25, 0.3) is 5.91 Å². The minimum absolute atomic E-state index is 0.119. The predicted molar refractivity (Wildman–Crippen MR) is 127 cm³/mol. The Kier molecular flexibility index (Phi) is 6.41. The summed E-state index contributed by atoms with van der Waals surface area (Å²) in [5.74, 6) is 1.31. The minimum atomic E-state index is -0.119. The van der Waals surface area contributed by atoms with Crippen LogP contribution in [-0.2, 0) is 6.54 Å². The van der Waals surface area contributed by atoms with Gasteiger partial charge in [-0.1, -0.05) is 17.4 Å². The highest BCUT2D eigenvalue weighted by Gasteiger charge is 2.23. The average Bonchev–Trinajstić information content (AvgIpc) is 3.37. The molecule has 2 heterocycles. The highest BCUT2D eigenvalue weighted by molar-refractivity contribution is 7.22. The molecule has 0 bridgehead atoms. The number of aromatic nitrogens is 3. The van der Waals surface area contributed by atoms with E-state index < -0.39 is 0 Å². The van der Waals surface area contributed by atoms with E-state index in [9.17, 15) is 4.79 Å². The lowest BCUT2D eigenvalue weighted by Crippen LogP contribution is -2.34. The van der Waals surface area contributed by atoms with Crippen LogP contribution >= 0.6 is 11.3 Å². The van der Waals surface area contributed by atoms with Crippen LogP contribution in [0.2, 0.25) is 0 Å². The Balaban J connectivity index is 1.70. The third-order valence-corrected chi connectivity index (χ3v) is 6.17. The number of anilines is 1. The van der Waals surface area contributed by atoms with Crippen molar-refractivity contribution in [2.45, 2.75) is 27.3 Å². The van der Waals surface area contributed by atoms with E-state index in [0.29, 0.717) is 36.1 Å². The summed E-state index contributed by atoms with van der Waals surface area (Å²) in [7, 11) is 1.61. The molecule has 166 valence electrons. The summed E-state index contributed by atoms with van der Waals surface area (Å²) in [5.41, 5.74) is 3.36. The number of thiazole rings is 1. The second-order valence-corrected chi connectivity index (χ2v) is 8.38. The maximum absolute atomic E-state index is 13.5. The first-order valence-electron chi connectivity index (χ1n) is 10.5. The molecule has 7 nitrogen and oxygen atoms in total. The van der Waals surface area contributed by atoms with Crippen LogP contribution in [0.25, 0.3) is 10.2 Å². The SMILES string of the molecule is CCOc1cccc2sc(N(CCn3nc(C)cc3C)C(=O)c3ccc(OC)cc3)nc12. The van der Waals surface area contributed by atoms with Crippen molar-refractivity contribution in [2.75, 3.05) is 25.2 Å². The van der Waals surface area contributed by atoms with Gasteiger partial charge in [0.1, 0.15) is 17.0 Å². The standard InChI is InChI=1S/C24H26N4O3S/c1-5-31-20-7-6-8-21-22(20)25-24(32-21)27(13-14-28-17(3)15-16(2)26-28)23(29)18-9-11-19(30-4)12-10-18/h6-12,15H,5,13-14H2,1-4H3. The molecule has 0 atom stereocenters. The fraction of sp³-hybridized carbons (Fsp3) is 0.292. The molecule has 0 unspecified atom stereocenters. The maximum atomic E-state index is 13.5. The fourth-order valence-corrected chi connectivity index (χ4v) is 4.58. The normalized spacial score (nSPS) is 11.0. The largest absolute Gasteiger partial charge is 0.497 e. The number of rotatable bonds is 8. The van der Waals surface area contributed by atoms with E-state index in [1.54, 1.807) is 36.3 Å². The van der Waals surface area contributed by atoms with Crippen molar-refractivity contribution in [3.63, 3.8) is 0 Å². The second-order valence-electron chi connectivity index (χ2n) is 7.37. The number of carbonyl (C=O) groups is 1. The number of aryl methyl sites for hydroxylation is 2. The van der Waals surface area contributed by atoms with Gasteiger partial charge < -0.3 is 9.47 Å². The molecule has 0 saturated heterocycles. The summed E-state index contributed by atoms with van der Waals surface area (Å²) in [6, 6.07) is 15.0. The van der Waals surface area contributed by atoms with Crippen LogP contribution in [0.5, 0.6) is 11.5 Å². The van der Waals surface area contributed by atoms with E-state index in [4.69, 9.17) is 14.5 Å². The molecule has 0 aliphatic heterocycles. The topological polar surface area (TPSA) is 69.5 Å². The number of benzene rings is 2. The Bertz CT molecular complexity index is 1230. The highest BCUT2D eigenvalue weighted by atomic mass is 32.1. The summed E-state index contributed by atoms with van der Waals surface area (Å²) in [5, 5.41) is 5.17. The van der Waals surface area contributed by atoms with Gasteiger partial charge >= 0.3 is 0 Å². The smallest absolute Gasteiger partial charge is 0.260 e. The predicted octanol–water partition coefficient (Wildman–Crippen LogP) is 4.86. The number of carbonyl (C=O) groups excluding carboxylic acids is 1. The van der Waals surface area contributed by atoms with E-state index in [1.807, 2.05) is 49.7 Å². The summed E-state index contributed by atoms with van der Waals surface area (Å²) >= 11 is 1.48. The molecule has 0 saturated carbocycles. The zero-order valence-electron chi connectivity index (χ0n) is 18.7. The number of para-hydroxylation sites is 1. The van der Waals surface area contributed by atoms with Gasteiger partial charge in [-0.15, -0.1) is 0 Å². The molecule has 0 radical (unpaired) electrons. The summed E-state index contributed by atoms with van der Waals surface area (Å²) in [4.78, 5) is 20.1. The molecule has 4 rings (SSSR count). The van der Waals surface area contributed by atoms with E-state index in [0.717, 1.165) is 27.4 Å². The maximum Gasteiger partial charge on any atom is 0.260 e. The van der Waals surface area contributed by atoms with Crippen LogP contribution < -0.4 is 14.4 Å². The minimum Gasteiger partial charge on any atom is -0.497 e. The lowest BCUT2D eigenvalue weighted by molar-refractivity contribution is 0.0985. The van der Waals surface area contributed by atoms with E-state index in [2.05, 4.69) is 5.10 Å². The third kappa shape index (κ3) is 4.45. The van der Waals surface area contributed by atoms with Crippen LogP contribution in [0, 0.1) is 13.8 Å². The molecule has 2 aromatic heterocycles. The number of amides is 1. The van der Waals surface area contributed by atoms with Gasteiger partial charge in [0.15, 0.2) is 5.13 Å². The van der Waals surface area contributed by atoms with Gasteiger partial charge in [-0.2, -0.15) is 5.10 Å². The summed E-state index contributed by atoms with van der Waals surface area (Å²) in [6.07, 6.45) is 0. The number of fused-ring (bicyclic) bond motifs is 1. The van der Waals surface area contributed by atoms with Crippen molar-refractivity contribution in [2.24, 2.45) is 0 Å². The van der Waals surface area contributed by atoms with Crippen LogP contribution in [0.4, 0.5) is 5.13 Å². The number of ether oxygens (including phenoxy) is 2. The first-order valence-corrected chi connectivity index (χ1v) is 11.3. The van der Waals surface area contributed by atoms with Gasteiger partial charge in [-0.3, -0.25) is 14.4 Å². The van der Waals surface area contributed by atoms with E-state index in [-0.39, 0.29) is 5.91 Å². The zero-order chi connectivity index (χ0) is 22.7. The van der Waals surface area contributed by atoms with Crippen LogP contribution in [0.15, 0.2) is 48.5 Å². The Morgan fingerprint density at radius 2 is 1.94 bits per heavy atom. The molecule has 0 fully saturated rings. The average molecular weight is 451 g/mol. The third-order valence-electron chi connectivity index (χ3n) is 5.12. The van der Waals surface area contributed by atoms with Crippen molar-refractivity contribution >= 4 is 32.6 Å². The molecule has 2 aromatic carbocycles. The van der Waals surface area contributed by atoms with Crippen LogP contribution in [0.3, 0.4) is 0 Å². The van der Waals surface area contributed by atoms with Gasteiger partial charge in [-0.25, -0.2) is 4.98 Å². The second kappa shape index (κ2) is 9.40. The lowest BCUT2D eigenvalue weighted by atomic mass is 10.2. The number of methoxy groups -OCH3 is 1. The van der Waals surface area contributed by atoms with E-state index >= 15 is 0 Å². The molecule has 0 spiro atoms. The molecule has 32 heavy (non-hydrogen) atoms. The quantitative estimate of drug-likeness (QED) is 0.383. The number of hydrogen-bond donors (Lipinski definition) is 0. The Labute approximate surface area is 191 Å². The number of hydrogen-bond acceptors (Lipinski definition) is 6. The van der Waals surface area contributed by atoms with Crippen molar-refractivity contribution in [3.8, 4) is 11.5 Å². The van der Waals surface area contributed by atoms with Gasteiger partial charge in [-0.05, 0) is 63.2 Å². The fourth-order valence-electron chi connectivity index (χ4n) is 3.57. The highest BCUT2D eigenvalue weighted by Crippen LogP contribution is 2.35. The van der Waals surface area contributed by atoms with Gasteiger partial charge in [0.05, 0.1) is 30.7 Å². The zero-order valence-corrected chi connectivity index (χ0v) is 19.5. The molecule has 8 heteroatoms.